The van der Waals surface area contributed by atoms with Crippen LogP contribution >= 0.6 is 0 Å². The Morgan fingerprint density at radius 2 is 1.85 bits per heavy atom. The minimum absolute atomic E-state index is 0.0315. The number of nitrogens with zero attached hydrogens (tertiary/aromatic N) is 2. The number of fused-ring (bicyclic) bond motifs is 1. The molecule has 1 amide bonds. The number of amides is 1. The van der Waals surface area contributed by atoms with Gasteiger partial charge in [0.2, 0.25) is 16.0 Å². The van der Waals surface area contributed by atoms with Gasteiger partial charge in [0.05, 0.1) is 35.7 Å². The van der Waals surface area contributed by atoms with Crippen LogP contribution in [0.15, 0.2) is 65.3 Å². The highest BCUT2D eigenvalue weighted by Crippen LogP contribution is 2.32. The molecule has 0 bridgehead atoms. The Kier molecular flexibility index (Phi) is 5.62. The van der Waals surface area contributed by atoms with Crippen molar-refractivity contribution in [1.82, 2.24) is 9.55 Å². The molecule has 0 saturated carbocycles. The number of benzene rings is 2. The van der Waals surface area contributed by atoms with Crippen molar-refractivity contribution in [2.75, 3.05) is 16.3 Å². The Balaban J connectivity index is 1.67. The van der Waals surface area contributed by atoms with Crippen molar-refractivity contribution < 1.29 is 30.8 Å². The smallest absolute Gasteiger partial charge is 0.416 e. The molecule has 12 heteroatoms. The molecule has 4 aromatic rings. The number of nitrogens with one attached hydrogen (secondary N) is 2. The third kappa shape index (κ3) is 5.17. The summed E-state index contributed by atoms with van der Waals surface area (Å²) in [6.07, 6.45) is -2.08. The SMILES string of the molecule is CS(=O)(=O)Nc1ccc(C(=O)Nc2nc3cc(C(F)(F)F)ccc3n2Cc2ccco2)cc1. The fraction of sp³-hybridized carbons (Fsp3) is 0.143. The van der Waals surface area contributed by atoms with Crippen molar-refractivity contribution in [3.63, 3.8) is 0 Å². The van der Waals surface area contributed by atoms with Gasteiger partial charge in [-0.1, -0.05) is 0 Å². The van der Waals surface area contributed by atoms with Gasteiger partial charge in [0.1, 0.15) is 5.76 Å². The van der Waals surface area contributed by atoms with Crippen LogP contribution in [0, 0.1) is 0 Å². The molecule has 2 heterocycles. The van der Waals surface area contributed by atoms with E-state index in [1.807, 2.05) is 0 Å². The van der Waals surface area contributed by atoms with E-state index in [9.17, 15) is 26.4 Å². The number of rotatable bonds is 6. The molecule has 0 saturated heterocycles. The minimum Gasteiger partial charge on any atom is -0.467 e. The van der Waals surface area contributed by atoms with Crippen LogP contribution in [0.25, 0.3) is 11.0 Å². The molecule has 0 fully saturated rings. The Labute approximate surface area is 186 Å². The molecule has 0 spiro atoms. The molecule has 8 nitrogen and oxygen atoms in total. The number of hydrogen-bond acceptors (Lipinski definition) is 5. The van der Waals surface area contributed by atoms with E-state index in [2.05, 4.69) is 15.0 Å². The molecule has 0 atom stereocenters. The molecule has 0 aliphatic heterocycles. The highest BCUT2D eigenvalue weighted by molar-refractivity contribution is 7.92. The van der Waals surface area contributed by atoms with E-state index >= 15 is 0 Å². The number of anilines is 2. The molecule has 172 valence electrons. The van der Waals surface area contributed by atoms with Gasteiger partial charge in [-0.3, -0.25) is 14.8 Å². The first-order valence-electron chi connectivity index (χ1n) is 9.49. The summed E-state index contributed by atoms with van der Waals surface area (Å²) in [7, 11) is -3.47. The molecule has 2 N–H and O–H groups in total. The fourth-order valence-corrected chi connectivity index (χ4v) is 3.76. The highest BCUT2D eigenvalue weighted by Gasteiger charge is 2.31. The van der Waals surface area contributed by atoms with Crippen LogP contribution in [0.4, 0.5) is 24.8 Å². The average Bonchev–Trinajstić information content (AvgIpc) is 3.35. The van der Waals surface area contributed by atoms with E-state index < -0.39 is 27.7 Å². The molecule has 4 rings (SSSR count). The normalized spacial score (nSPS) is 12.1. The lowest BCUT2D eigenvalue weighted by Gasteiger charge is -2.10. The van der Waals surface area contributed by atoms with E-state index in [1.54, 1.807) is 12.1 Å². The largest absolute Gasteiger partial charge is 0.467 e. The summed E-state index contributed by atoms with van der Waals surface area (Å²) >= 11 is 0. The summed E-state index contributed by atoms with van der Waals surface area (Å²) in [5.41, 5.74) is 0.0479. The fourth-order valence-electron chi connectivity index (χ4n) is 3.20. The quantitative estimate of drug-likeness (QED) is 0.429. The number of aromatic nitrogens is 2. The van der Waals surface area contributed by atoms with Gasteiger partial charge in [-0.15, -0.1) is 0 Å². The number of hydrogen-bond donors (Lipinski definition) is 2. The van der Waals surface area contributed by atoms with Crippen LogP contribution in [0.3, 0.4) is 0 Å². The molecule has 33 heavy (non-hydrogen) atoms. The van der Waals surface area contributed by atoms with Crippen LogP contribution < -0.4 is 10.0 Å². The van der Waals surface area contributed by atoms with E-state index in [0.29, 0.717) is 11.3 Å². The lowest BCUT2D eigenvalue weighted by molar-refractivity contribution is -0.137. The van der Waals surface area contributed by atoms with Crippen LogP contribution in [0.1, 0.15) is 21.7 Å². The first-order chi connectivity index (χ1) is 15.5. The van der Waals surface area contributed by atoms with Crippen LogP contribution in [0.2, 0.25) is 0 Å². The third-order valence-corrected chi connectivity index (χ3v) is 5.25. The zero-order valence-corrected chi connectivity index (χ0v) is 17.9. The van der Waals surface area contributed by atoms with Gasteiger partial charge in [-0.05, 0) is 54.6 Å². The van der Waals surface area contributed by atoms with Gasteiger partial charge in [-0.2, -0.15) is 13.2 Å². The predicted octanol–water partition coefficient (Wildman–Crippen LogP) is 4.32. The van der Waals surface area contributed by atoms with Gasteiger partial charge >= 0.3 is 6.18 Å². The van der Waals surface area contributed by atoms with Gasteiger partial charge in [-0.25, -0.2) is 13.4 Å². The third-order valence-electron chi connectivity index (χ3n) is 4.65. The van der Waals surface area contributed by atoms with Crippen molar-refractivity contribution in [3.05, 3.63) is 77.7 Å². The van der Waals surface area contributed by atoms with Gasteiger partial charge < -0.3 is 8.98 Å². The lowest BCUT2D eigenvalue weighted by atomic mass is 10.2. The lowest BCUT2D eigenvalue weighted by Crippen LogP contribution is -2.16. The summed E-state index contributed by atoms with van der Waals surface area (Å²) in [6.45, 7) is 0.127. The Morgan fingerprint density at radius 1 is 1.12 bits per heavy atom. The number of carbonyl (C=O) groups excluding carboxylic acids is 1. The van der Waals surface area contributed by atoms with Gasteiger partial charge in [0.25, 0.3) is 5.91 Å². The van der Waals surface area contributed by atoms with E-state index in [-0.39, 0.29) is 29.3 Å². The van der Waals surface area contributed by atoms with Crippen molar-refractivity contribution in [3.8, 4) is 0 Å². The number of furan rings is 1. The van der Waals surface area contributed by atoms with Crippen LogP contribution in [-0.4, -0.2) is 30.1 Å². The van der Waals surface area contributed by atoms with E-state index in [1.165, 1.54) is 41.2 Å². The second-order valence-corrected chi connectivity index (χ2v) is 8.96. The summed E-state index contributed by atoms with van der Waals surface area (Å²) < 4.78 is 71.2. The van der Waals surface area contributed by atoms with Crippen molar-refractivity contribution >= 4 is 38.6 Å². The second kappa shape index (κ2) is 8.28. The molecule has 2 aromatic carbocycles. The molecular weight excluding hydrogens is 461 g/mol. The number of imidazole rings is 1. The minimum atomic E-state index is -4.54. The molecule has 0 radical (unpaired) electrons. The molecule has 0 aliphatic carbocycles. The summed E-state index contributed by atoms with van der Waals surface area (Å²) in [5, 5.41) is 2.61. The van der Waals surface area contributed by atoms with Crippen LogP contribution in [0.5, 0.6) is 0 Å². The topological polar surface area (TPSA) is 106 Å². The maximum atomic E-state index is 13.1. The first-order valence-corrected chi connectivity index (χ1v) is 11.4. The summed E-state index contributed by atoms with van der Waals surface area (Å²) in [6, 6.07) is 12.1. The van der Waals surface area contributed by atoms with Crippen molar-refractivity contribution in [1.29, 1.82) is 0 Å². The average molecular weight is 478 g/mol. The van der Waals surface area contributed by atoms with E-state index in [4.69, 9.17) is 4.42 Å². The molecular formula is C21H17F3N4O4S. The van der Waals surface area contributed by atoms with Crippen molar-refractivity contribution in [2.45, 2.75) is 12.7 Å². The van der Waals surface area contributed by atoms with E-state index in [0.717, 1.165) is 18.4 Å². The van der Waals surface area contributed by atoms with Crippen LogP contribution in [-0.2, 0) is 22.7 Å². The van der Waals surface area contributed by atoms with Gasteiger partial charge in [0, 0.05) is 11.3 Å². The standard InChI is InChI=1S/C21H17F3N4O4S/c1-33(30,31)27-15-7-4-13(5-8-15)19(29)26-20-25-17-11-14(21(22,23)24)6-9-18(17)28(20)12-16-3-2-10-32-16/h2-11,27H,12H2,1H3,(H,25,26,29). The summed E-state index contributed by atoms with van der Waals surface area (Å²) in [4.78, 5) is 17.0. The zero-order chi connectivity index (χ0) is 23.8. The number of carbonyl (C=O) groups is 1. The molecule has 2 aromatic heterocycles. The Morgan fingerprint density at radius 3 is 2.45 bits per heavy atom. The monoisotopic (exact) mass is 478 g/mol. The zero-order valence-electron chi connectivity index (χ0n) is 17.1. The predicted molar refractivity (Wildman–Crippen MR) is 115 cm³/mol. The van der Waals surface area contributed by atoms with Crippen molar-refractivity contribution in [2.24, 2.45) is 0 Å². The molecule has 0 unspecified atom stereocenters. The maximum absolute atomic E-state index is 13.1. The highest BCUT2D eigenvalue weighted by atomic mass is 32.2. The Hall–Kier alpha value is -3.80. The number of sulfonamides is 1. The first kappa shape index (κ1) is 22.4. The van der Waals surface area contributed by atoms with Gasteiger partial charge in [0.15, 0.2) is 0 Å². The molecule has 0 aliphatic rings. The second-order valence-electron chi connectivity index (χ2n) is 7.21. The number of alkyl halides is 3. The maximum Gasteiger partial charge on any atom is 0.416 e. The summed E-state index contributed by atoms with van der Waals surface area (Å²) in [5.74, 6) is -0.0297. The Bertz CT molecular complexity index is 1410. The number of halogens is 3.